The second kappa shape index (κ2) is 4.01. The highest BCUT2D eigenvalue weighted by Gasteiger charge is 2.20. The van der Waals surface area contributed by atoms with E-state index >= 15 is 0 Å². The molecule has 2 heteroatoms. The molecule has 2 nitrogen and oxygen atoms in total. The highest BCUT2D eigenvalue weighted by atomic mass is 15.2. The number of hydrogen-bond donors (Lipinski definition) is 1. The summed E-state index contributed by atoms with van der Waals surface area (Å²) in [5, 5.41) is 2.40. The van der Waals surface area contributed by atoms with Crippen LogP contribution in [0.3, 0.4) is 0 Å². The third-order valence-electron chi connectivity index (χ3n) is 2.98. The zero-order valence-corrected chi connectivity index (χ0v) is 9.03. The quantitative estimate of drug-likeness (QED) is 0.695. The van der Waals surface area contributed by atoms with Gasteiger partial charge < -0.3 is 10.2 Å². The van der Waals surface area contributed by atoms with Crippen molar-refractivity contribution >= 4 is 5.69 Å². The summed E-state index contributed by atoms with van der Waals surface area (Å²) >= 11 is 0. The van der Waals surface area contributed by atoms with E-state index in [1.807, 2.05) is 0 Å². The predicted molar refractivity (Wildman–Crippen MR) is 59.6 cm³/mol. The fourth-order valence-electron chi connectivity index (χ4n) is 2.06. The van der Waals surface area contributed by atoms with Gasteiger partial charge in [0.15, 0.2) is 0 Å². The zero-order valence-electron chi connectivity index (χ0n) is 9.03. The molecule has 1 aromatic rings. The summed E-state index contributed by atoms with van der Waals surface area (Å²) in [4.78, 5) is 2.50. The van der Waals surface area contributed by atoms with Crippen LogP contribution in [0.15, 0.2) is 24.3 Å². The number of quaternary nitrogens is 1. The van der Waals surface area contributed by atoms with Crippen LogP contribution in [0.4, 0.5) is 5.69 Å². The van der Waals surface area contributed by atoms with Crippen LogP contribution >= 0.6 is 0 Å². The zero-order chi connectivity index (χ0) is 9.97. The number of nitrogens with zero attached hydrogens (tertiary/aromatic N) is 1. The third kappa shape index (κ3) is 1.90. The molecule has 0 saturated carbocycles. The van der Waals surface area contributed by atoms with Crippen molar-refractivity contribution in [2.24, 2.45) is 0 Å². The first-order valence-electron chi connectivity index (χ1n) is 5.42. The lowest BCUT2D eigenvalue weighted by Crippen LogP contribution is -2.91. The van der Waals surface area contributed by atoms with Gasteiger partial charge in [-0.3, -0.25) is 0 Å². The summed E-state index contributed by atoms with van der Waals surface area (Å²) in [6, 6.07) is 9.51. The van der Waals surface area contributed by atoms with Crippen molar-refractivity contribution in [3.05, 3.63) is 29.8 Å². The van der Waals surface area contributed by atoms with Crippen molar-refractivity contribution in [2.75, 3.05) is 24.5 Å². The molecule has 1 aliphatic heterocycles. The Balaban J connectivity index is 2.16. The minimum absolute atomic E-state index is 0.659. The van der Waals surface area contributed by atoms with E-state index in [1.165, 1.54) is 30.9 Å². The molecule has 1 heterocycles. The molecule has 0 radical (unpaired) electrons. The Kier molecular flexibility index (Phi) is 2.73. The number of aryl methyl sites for hydroxylation is 1. The Morgan fingerprint density at radius 3 is 2.64 bits per heavy atom. The molecular formula is C12H19N2+. The summed E-state index contributed by atoms with van der Waals surface area (Å²) < 4.78 is 0. The first kappa shape index (κ1) is 9.53. The van der Waals surface area contributed by atoms with Crippen molar-refractivity contribution in [1.29, 1.82) is 0 Å². The summed E-state index contributed by atoms with van der Waals surface area (Å²) in [6.07, 6.45) is 0. The van der Waals surface area contributed by atoms with Crippen LogP contribution in [-0.4, -0.2) is 25.7 Å². The Labute approximate surface area is 85.9 Å². The maximum Gasteiger partial charge on any atom is 0.0959 e. The Morgan fingerprint density at radius 1 is 1.29 bits per heavy atom. The van der Waals surface area contributed by atoms with E-state index in [-0.39, 0.29) is 0 Å². The first-order valence-corrected chi connectivity index (χ1v) is 5.42. The van der Waals surface area contributed by atoms with Crippen LogP contribution in [-0.2, 0) is 0 Å². The molecule has 1 saturated heterocycles. The molecule has 76 valence electrons. The van der Waals surface area contributed by atoms with Crippen LogP contribution in [0.25, 0.3) is 0 Å². The molecule has 0 amide bonds. The maximum absolute atomic E-state index is 2.50. The summed E-state index contributed by atoms with van der Waals surface area (Å²) in [5.41, 5.74) is 2.71. The van der Waals surface area contributed by atoms with E-state index in [4.69, 9.17) is 0 Å². The summed E-state index contributed by atoms with van der Waals surface area (Å²) in [7, 11) is 0. The Bertz CT molecular complexity index is 292. The third-order valence-corrected chi connectivity index (χ3v) is 2.98. The van der Waals surface area contributed by atoms with Crippen molar-refractivity contribution in [2.45, 2.75) is 19.9 Å². The lowest BCUT2D eigenvalue weighted by Gasteiger charge is -2.33. The van der Waals surface area contributed by atoms with E-state index in [0.717, 1.165) is 0 Å². The van der Waals surface area contributed by atoms with Gasteiger partial charge in [0, 0.05) is 5.69 Å². The number of benzene rings is 1. The lowest BCUT2D eigenvalue weighted by atomic mass is 10.1. The SMILES string of the molecule is Cc1ccc(N2CC[NH2+]C[C@H]2C)cc1. The van der Waals surface area contributed by atoms with Crippen LogP contribution in [0.5, 0.6) is 0 Å². The Morgan fingerprint density at radius 2 is 2.00 bits per heavy atom. The molecule has 1 atom stereocenters. The van der Waals surface area contributed by atoms with E-state index in [0.29, 0.717) is 6.04 Å². The van der Waals surface area contributed by atoms with Gasteiger partial charge in [-0.05, 0) is 26.0 Å². The smallest absolute Gasteiger partial charge is 0.0959 e. The molecule has 1 aliphatic rings. The average molecular weight is 191 g/mol. The number of piperazine rings is 1. The number of nitrogens with two attached hydrogens (primary N) is 1. The summed E-state index contributed by atoms with van der Waals surface area (Å²) in [5.74, 6) is 0. The molecule has 0 bridgehead atoms. The normalized spacial score (nSPS) is 22.4. The second-order valence-corrected chi connectivity index (χ2v) is 4.19. The lowest BCUT2D eigenvalue weighted by molar-refractivity contribution is -0.659. The number of rotatable bonds is 1. The van der Waals surface area contributed by atoms with Crippen molar-refractivity contribution in [1.82, 2.24) is 0 Å². The molecule has 0 unspecified atom stereocenters. The second-order valence-electron chi connectivity index (χ2n) is 4.19. The molecule has 2 N–H and O–H groups in total. The molecule has 2 rings (SSSR count). The van der Waals surface area contributed by atoms with Crippen LogP contribution < -0.4 is 10.2 Å². The molecule has 14 heavy (non-hydrogen) atoms. The van der Waals surface area contributed by atoms with Gasteiger partial charge in [0.25, 0.3) is 0 Å². The predicted octanol–water partition coefficient (Wildman–Crippen LogP) is 0.767. The van der Waals surface area contributed by atoms with Gasteiger partial charge in [0.1, 0.15) is 0 Å². The van der Waals surface area contributed by atoms with E-state index in [2.05, 4.69) is 48.3 Å². The standard InChI is InChI=1S/C12H18N2/c1-10-3-5-12(6-4-10)14-8-7-13-9-11(14)2/h3-6,11,13H,7-9H2,1-2H3/p+1/t11-/m1/s1. The largest absolute Gasteiger partial charge is 0.358 e. The summed E-state index contributed by atoms with van der Waals surface area (Å²) in [6.45, 7) is 8.04. The van der Waals surface area contributed by atoms with Gasteiger partial charge in [-0.15, -0.1) is 0 Å². The number of anilines is 1. The van der Waals surface area contributed by atoms with Crippen molar-refractivity contribution in [3.63, 3.8) is 0 Å². The van der Waals surface area contributed by atoms with Gasteiger partial charge in [-0.1, -0.05) is 17.7 Å². The van der Waals surface area contributed by atoms with Gasteiger partial charge in [0.05, 0.1) is 25.7 Å². The van der Waals surface area contributed by atoms with Crippen LogP contribution in [0.1, 0.15) is 12.5 Å². The minimum Gasteiger partial charge on any atom is -0.358 e. The van der Waals surface area contributed by atoms with E-state index in [1.54, 1.807) is 0 Å². The number of hydrogen-bond acceptors (Lipinski definition) is 1. The molecule has 0 aliphatic carbocycles. The highest BCUT2D eigenvalue weighted by molar-refractivity contribution is 5.48. The Hall–Kier alpha value is -1.02. The van der Waals surface area contributed by atoms with Crippen molar-refractivity contribution < 1.29 is 5.32 Å². The van der Waals surface area contributed by atoms with E-state index < -0.39 is 0 Å². The molecule has 1 fully saturated rings. The molecule has 0 spiro atoms. The first-order chi connectivity index (χ1) is 6.77. The van der Waals surface area contributed by atoms with Crippen molar-refractivity contribution in [3.8, 4) is 0 Å². The fourth-order valence-corrected chi connectivity index (χ4v) is 2.06. The van der Waals surface area contributed by atoms with Gasteiger partial charge in [-0.2, -0.15) is 0 Å². The van der Waals surface area contributed by atoms with Crippen LogP contribution in [0, 0.1) is 6.92 Å². The maximum atomic E-state index is 2.50. The highest BCUT2D eigenvalue weighted by Crippen LogP contribution is 2.17. The minimum atomic E-state index is 0.659. The van der Waals surface area contributed by atoms with Gasteiger partial charge in [-0.25, -0.2) is 0 Å². The van der Waals surface area contributed by atoms with Crippen LogP contribution in [0.2, 0.25) is 0 Å². The van der Waals surface area contributed by atoms with Gasteiger partial charge >= 0.3 is 0 Å². The topological polar surface area (TPSA) is 19.9 Å². The molecule has 0 aromatic heterocycles. The molecule has 1 aromatic carbocycles. The monoisotopic (exact) mass is 191 g/mol. The van der Waals surface area contributed by atoms with E-state index in [9.17, 15) is 0 Å². The molecular weight excluding hydrogens is 172 g/mol. The fraction of sp³-hybridized carbons (Fsp3) is 0.500. The van der Waals surface area contributed by atoms with Gasteiger partial charge in [0.2, 0.25) is 0 Å². The average Bonchev–Trinajstić information content (AvgIpc) is 2.20.